The van der Waals surface area contributed by atoms with Crippen LogP contribution in [0.25, 0.3) is 11.4 Å². The minimum atomic E-state index is -3.38. The molecule has 0 atom stereocenters. The molecule has 2 N–H and O–H groups in total. The molecule has 0 saturated heterocycles. The normalized spacial score (nSPS) is 11.7. The topological polar surface area (TPSA) is 99.1 Å². The summed E-state index contributed by atoms with van der Waals surface area (Å²) < 4.78 is 28.9. The number of rotatable bonds is 3. The third-order valence-electron chi connectivity index (χ3n) is 2.24. The van der Waals surface area contributed by atoms with Crippen molar-refractivity contribution in [3.63, 3.8) is 0 Å². The molecule has 0 saturated carbocycles. The molecule has 18 heavy (non-hydrogen) atoms. The second kappa shape index (κ2) is 4.79. The Morgan fingerprint density at radius 1 is 1.44 bits per heavy atom. The smallest absolute Gasteiger partial charge is 0.240 e. The summed E-state index contributed by atoms with van der Waals surface area (Å²) in [4.78, 5) is 4.18. The molecule has 0 radical (unpaired) electrons. The summed E-state index contributed by atoms with van der Waals surface area (Å²) in [6.07, 6.45) is 1.13. The summed E-state index contributed by atoms with van der Waals surface area (Å²) in [7, 11) is -3.38. The molecule has 0 amide bonds. The Balaban J connectivity index is 2.70. The first kappa shape index (κ1) is 13.2. The van der Waals surface area contributed by atoms with Crippen LogP contribution in [0.1, 0.15) is 5.89 Å². The van der Waals surface area contributed by atoms with Crippen molar-refractivity contribution in [2.75, 3.05) is 6.26 Å². The van der Waals surface area contributed by atoms with Gasteiger partial charge in [-0.1, -0.05) is 11.2 Å². The number of hydrogen-bond donors (Lipinski definition) is 1. The van der Waals surface area contributed by atoms with Crippen LogP contribution in [-0.4, -0.2) is 24.8 Å². The van der Waals surface area contributed by atoms with Crippen molar-refractivity contribution in [2.45, 2.75) is 11.4 Å². The zero-order valence-electron chi connectivity index (χ0n) is 9.42. The average Bonchev–Trinajstić information content (AvgIpc) is 2.75. The SMILES string of the molecule is CS(=O)(=O)c1cccc(Br)c1-c1noc(CN)n1. The molecule has 1 heterocycles. The minimum Gasteiger partial charge on any atom is -0.338 e. The molecule has 0 aliphatic heterocycles. The fraction of sp³-hybridized carbons (Fsp3) is 0.200. The van der Waals surface area contributed by atoms with Gasteiger partial charge in [0.05, 0.1) is 17.0 Å². The van der Waals surface area contributed by atoms with Crippen LogP contribution in [-0.2, 0) is 16.4 Å². The number of halogens is 1. The lowest BCUT2D eigenvalue weighted by Gasteiger charge is -2.05. The van der Waals surface area contributed by atoms with Crippen LogP contribution in [0.15, 0.2) is 32.1 Å². The molecule has 0 unspecified atom stereocenters. The molecule has 2 rings (SSSR count). The number of sulfone groups is 1. The van der Waals surface area contributed by atoms with Gasteiger partial charge in [-0.3, -0.25) is 0 Å². The standard InChI is InChI=1S/C10H10BrN3O3S/c1-18(15,16)7-4-2-3-6(11)9(7)10-13-8(5-12)17-14-10/h2-4H,5,12H2,1H3. The van der Waals surface area contributed by atoms with Gasteiger partial charge in [-0.05, 0) is 28.1 Å². The van der Waals surface area contributed by atoms with E-state index >= 15 is 0 Å². The highest BCUT2D eigenvalue weighted by molar-refractivity contribution is 9.10. The van der Waals surface area contributed by atoms with Gasteiger partial charge < -0.3 is 10.3 Å². The molecular formula is C10H10BrN3O3S. The molecular weight excluding hydrogens is 322 g/mol. The lowest BCUT2D eigenvalue weighted by Crippen LogP contribution is -2.01. The maximum atomic E-state index is 11.7. The molecule has 8 heteroatoms. The number of aromatic nitrogens is 2. The fourth-order valence-corrected chi connectivity index (χ4v) is 3.04. The van der Waals surface area contributed by atoms with E-state index in [2.05, 4.69) is 26.1 Å². The summed E-state index contributed by atoms with van der Waals surface area (Å²) >= 11 is 3.29. The van der Waals surface area contributed by atoms with Crippen molar-refractivity contribution >= 4 is 25.8 Å². The first-order chi connectivity index (χ1) is 8.43. The molecule has 96 valence electrons. The van der Waals surface area contributed by atoms with Crippen molar-refractivity contribution in [3.8, 4) is 11.4 Å². The number of hydrogen-bond acceptors (Lipinski definition) is 6. The van der Waals surface area contributed by atoms with E-state index in [4.69, 9.17) is 10.3 Å². The Kier molecular flexibility index (Phi) is 3.51. The molecule has 0 fully saturated rings. The maximum absolute atomic E-state index is 11.7. The Hall–Kier alpha value is -1.25. The van der Waals surface area contributed by atoms with Gasteiger partial charge in [0.2, 0.25) is 11.7 Å². The quantitative estimate of drug-likeness (QED) is 0.911. The van der Waals surface area contributed by atoms with Crippen molar-refractivity contribution in [3.05, 3.63) is 28.6 Å². The Bertz CT molecular complexity index is 681. The summed E-state index contributed by atoms with van der Waals surface area (Å²) in [5.74, 6) is 0.448. The predicted octanol–water partition coefficient (Wildman–Crippen LogP) is 1.36. The summed E-state index contributed by atoms with van der Waals surface area (Å²) in [5, 5.41) is 3.73. The molecule has 0 spiro atoms. The van der Waals surface area contributed by atoms with Crippen LogP contribution in [0.2, 0.25) is 0 Å². The Labute approximate surface area is 112 Å². The summed E-state index contributed by atoms with van der Waals surface area (Å²) in [5.41, 5.74) is 5.76. The highest BCUT2D eigenvalue weighted by Gasteiger charge is 2.21. The van der Waals surface area contributed by atoms with Gasteiger partial charge in [0, 0.05) is 10.7 Å². The van der Waals surface area contributed by atoms with E-state index < -0.39 is 9.84 Å². The average molecular weight is 332 g/mol. The van der Waals surface area contributed by atoms with E-state index in [9.17, 15) is 8.42 Å². The van der Waals surface area contributed by atoms with Crippen LogP contribution in [0.4, 0.5) is 0 Å². The monoisotopic (exact) mass is 331 g/mol. The summed E-state index contributed by atoms with van der Waals surface area (Å²) in [6.45, 7) is 0.103. The second-order valence-corrected chi connectivity index (χ2v) is 6.44. The van der Waals surface area contributed by atoms with Crippen LogP contribution in [0, 0.1) is 0 Å². The first-order valence-electron chi connectivity index (χ1n) is 4.95. The van der Waals surface area contributed by atoms with Crippen molar-refractivity contribution in [1.29, 1.82) is 0 Å². The fourth-order valence-electron chi connectivity index (χ4n) is 1.47. The van der Waals surface area contributed by atoms with Gasteiger partial charge in [-0.15, -0.1) is 0 Å². The molecule has 0 aliphatic rings. The molecule has 2 aromatic rings. The van der Waals surface area contributed by atoms with E-state index in [1.807, 2.05) is 0 Å². The van der Waals surface area contributed by atoms with Gasteiger partial charge in [0.25, 0.3) is 0 Å². The van der Waals surface area contributed by atoms with E-state index in [0.717, 1.165) is 6.26 Å². The molecule has 0 bridgehead atoms. The lowest BCUT2D eigenvalue weighted by molar-refractivity contribution is 0.380. The van der Waals surface area contributed by atoms with Crippen LogP contribution < -0.4 is 5.73 Å². The van der Waals surface area contributed by atoms with Gasteiger partial charge in [-0.25, -0.2) is 8.42 Å². The van der Waals surface area contributed by atoms with E-state index in [1.165, 1.54) is 6.07 Å². The third-order valence-corrected chi connectivity index (χ3v) is 4.04. The van der Waals surface area contributed by atoms with Gasteiger partial charge in [0.1, 0.15) is 0 Å². The summed E-state index contributed by atoms with van der Waals surface area (Å²) in [6, 6.07) is 4.84. The lowest BCUT2D eigenvalue weighted by atomic mass is 10.2. The zero-order chi connectivity index (χ0) is 13.3. The third kappa shape index (κ3) is 2.45. The highest BCUT2D eigenvalue weighted by Crippen LogP contribution is 2.32. The number of nitrogens with two attached hydrogens (primary N) is 1. The van der Waals surface area contributed by atoms with Crippen molar-refractivity contribution in [2.24, 2.45) is 5.73 Å². The Morgan fingerprint density at radius 2 is 2.17 bits per heavy atom. The molecule has 1 aromatic carbocycles. The van der Waals surface area contributed by atoms with Crippen LogP contribution >= 0.6 is 15.9 Å². The Morgan fingerprint density at radius 3 is 2.72 bits per heavy atom. The van der Waals surface area contributed by atoms with E-state index in [-0.39, 0.29) is 23.2 Å². The van der Waals surface area contributed by atoms with Gasteiger partial charge >= 0.3 is 0 Å². The van der Waals surface area contributed by atoms with Gasteiger partial charge in [-0.2, -0.15) is 4.98 Å². The van der Waals surface area contributed by atoms with E-state index in [0.29, 0.717) is 10.0 Å². The molecule has 0 aliphatic carbocycles. The minimum absolute atomic E-state index is 0.103. The first-order valence-corrected chi connectivity index (χ1v) is 7.63. The van der Waals surface area contributed by atoms with Crippen molar-refractivity contribution < 1.29 is 12.9 Å². The number of nitrogens with zero attached hydrogens (tertiary/aromatic N) is 2. The zero-order valence-corrected chi connectivity index (χ0v) is 11.8. The highest BCUT2D eigenvalue weighted by atomic mass is 79.9. The van der Waals surface area contributed by atoms with Crippen molar-refractivity contribution in [1.82, 2.24) is 10.1 Å². The van der Waals surface area contributed by atoms with Crippen LogP contribution in [0.3, 0.4) is 0 Å². The molecule has 6 nitrogen and oxygen atoms in total. The van der Waals surface area contributed by atoms with Crippen LogP contribution in [0.5, 0.6) is 0 Å². The van der Waals surface area contributed by atoms with Gasteiger partial charge in [0.15, 0.2) is 9.84 Å². The largest absolute Gasteiger partial charge is 0.338 e. The number of benzene rings is 1. The van der Waals surface area contributed by atoms with E-state index in [1.54, 1.807) is 12.1 Å². The maximum Gasteiger partial charge on any atom is 0.240 e. The predicted molar refractivity (Wildman–Crippen MR) is 68.4 cm³/mol. The second-order valence-electron chi connectivity index (χ2n) is 3.60. The molecule has 1 aromatic heterocycles.